The van der Waals surface area contributed by atoms with Crippen molar-refractivity contribution in [2.75, 3.05) is 19.9 Å². The molecule has 5 heteroatoms. The molecule has 0 N–H and O–H groups in total. The SMILES string of the molecule is CCC1([N+](=O)[O-])COCN(Cc2ccccc2)C1. The van der Waals surface area contributed by atoms with E-state index >= 15 is 0 Å². The molecule has 0 spiro atoms. The molecule has 0 amide bonds. The quantitative estimate of drug-likeness (QED) is 0.605. The van der Waals surface area contributed by atoms with Gasteiger partial charge in [-0.25, -0.2) is 0 Å². The molecule has 0 saturated carbocycles. The Morgan fingerprint density at radius 2 is 2.17 bits per heavy atom. The van der Waals surface area contributed by atoms with Gasteiger partial charge in [0.05, 0.1) is 13.3 Å². The number of ether oxygens (including phenoxy) is 1. The maximum Gasteiger partial charge on any atom is 0.257 e. The van der Waals surface area contributed by atoms with E-state index in [-0.39, 0.29) is 11.5 Å². The van der Waals surface area contributed by atoms with Crippen LogP contribution in [0.15, 0.2) is 30.3 Å². The Hall–Kier alpha value is -1.46. The molecule has 0 bridgehead atoms. The van der Waals surface area contributed by atoms with E-state index in [9.17, 15) is 10.1 Å². The first-order valence-electron chi connectivity index (χ1n) is 6.15. The largest absolute Gasteiger partial charge is 0.359 e. The lowest BCUT2D eigenvalue weighted by molar-refractivity contribution is -0.581. The fourth-order valence-corrected chi connectivity index (χ4v) is 2.27. The zero-order valence-corrected chi connectivity index (χ0v) is 10.5. The highest BCUT2D eigenvalue weighted by Gasteiger charge is 2.45. The molecule has 1 unspecified atom stereocenters. The summed E-state index contributed by atoms with van der Waals surface area (Å²) in [6.45, 7) is 3.66. The van der Waals surface area contributed by atoms with Crippen molar-refractivity contribution >= 4 is 0 Å². The van der Waals surface area contributed by atoms with E-state index in [2.05, 4.69) is 0 Å². The second-order valence-corrected chi connectivity index (χ2v) is 4.79. The Morgan fingerprint density at radius 3 is 2.78 bits per heavy atom. The first-order chi connectivity index (χ1) is 8.66. The van der Waals surface area contributed by atoms with Crippen LogP contribution < -0.4 is 0 Å². The second kappa shape index (κ2) is 5.46. The third-order valence-corrected chi connectivity index (χ3v) is 3.46. The first-order valence-corrected chi connectivity index (χ1v) is 6.15. The summed E-state index contributed by atoms with van der Waals surface area (Å²) in [6, 6.07) is 9.95. The Kier molecular flexibility index (Phi) is 3.93. The van der Waals surface area contributed by atoms with E-state index in [0.29, 0.717) is 26.2 Å². The van der Waals surface area contributed by atoms with Crippen molar-refractivity contribution in [1.82, 2.24) is 4.90 Å². The van der Waals surface area contributed by atoms with E-state index < -0.39 is 5.54 Å². The number of hydrogen-bond acceptors (Lipinski definition) is 4. The van der Waals surface area contributed by atoms with Gasteiger partial charge in [0.25, 0.3) is 5.54 Å². The van der Waals surface area contributed by atoms with Gasteiger partial charge in [-0.05, 0) is 5.56 Å². The summed E-state index contributed by atoms with van der Waals surface area (Å²) in [7, 11) is 0. The lowest BCUT2D eigenvalue weighted by Gasteiger charge is -2.35. The normalized spacial score (nSPS) is 24.9. The van der Waals surface area contributed by atoms with Gasteiger partial charge in [0.2, 0.25) is 0 Å². The van der Waals surface area contributed by atoms with Crippen molar-refractivity contribution in [1.29, 1.82) is 0 Å². The Labute approximate surface area is 107 Å². The van der Waals surface area contributed by atoms with Crippen molar-refractivity contribution in [2.24, 2.45) is 0 Å². The minimum Gasteiger partial charge on any atom is -0.359 e. The van der Waals surface area contributed by atoms with Gasteiger partial charge in [-0.3, -0.25) is 15.0 Å². The zero-order chi connectivity index (χ0) is 13.0. The van der Waals surface area contributed by atoms with Gasteiger partial charge in [-0.15, -0.1) is 0 Å². The maximum absolute atomic E-state index is 11.2. The molecule has 1 aliphatic rings. The molecule has 5 nitrogen and oxygen atoms in total. The van der Waals surface area contributed by atoms with Crippen LogP contribution in [0.5, 0.6) is 0 Å². The number of rotatable bonds is 4. The lowest BCUT2D eigenvalue weighted by Crippen LogP contribution is -2.56. The van der Waals surface area contributed by atoms with Gasteiger partial charge >= 0.3 is 0 Å². The molecule has 1 aromatic carbocycles. The summed E-state index contributed by atoms with van der Waals surface area (Å²) in [6.07, 6.45) is 0.491. The fourth-order valence-electron chi connectivity index (χ4n) is 2.27. The summed E-state index contributed by atoms with van der Waals surface area (Å²) in [5.74, 6) is 0. The van der Waals surface area contributed by atoms with Crippen molar-refractivity contribution in [3.05, 3.63) is 46.0 Å². The van der Waals surface area contributed by atoms with Crippen LogP contribution in [0.4, 0.5) is 0 Å². The molecule has 0 radical (unpaired) electrons. The molecule has 0 aromatic heterocycles. The molecule has 1 fully saturated rings. The van der Waals surface area contributed by atoms with E-state index in [1.54, 1.807) is 0 Å². The molecular weight excluding hydrogens is 232 g/mol. The minimum atomic E-state index is -0.951. The summed E-state index contributed by atoms with van der Waals surface area (Å²) in [5.41, 5.74) is 0.198. The number of hydrogen-bond donors (Lipinski definition) is 0. The van der Waals surface area contributed by atoms with Crippen LogP contribution in [0, 0.1) is 10.1 Å². The van der Waals surface area contributed by atoms with Crippen LogP contribution in [-0.4, -0.2) is 35.2 Å². The average Bonchev–Trinajstić information content (AvgIpc) is 2.40. The van der Waals surface area contributed by atoms with Crippen molar-refractivity contribution in [3.63, 3.8) is 0 Å². The van der Waals surface area contributed by atoms with Crippen molar-refractivity contribution < 1.29 is 9.66 Å². The third-order valence-electron chi connectivity index (χ3n) is 3.46. The highest BCUT2D eigenvalue weighted by atomic mass is 16.6. The Bertz CT molecular complexity index is 410. The fraction of sp³-hybridized carbons (Fsp3) is 0.538. The lowest BCUT2D eigenvalue weighted by atomic mass is 9.96. The molecule has 18 heavy (non-hydrogen) atoms. The number of nitrogens with zero attached hydrogens (tertiary/aromatic N) is 2. The summed E-state index contributed by atoms with van der Waals surface area (Å²) < 4.78 is 5.41. The van der Waals surface area contributed by atoms with Gasteiger partial charge in [-0.2, -0.15) is 0 Å². The summed E-state index contributed by atoms with van der Waals surface area (Å²) >= 11 is 0. The Morgan fingerprint density at radius 1 is 1.44 bits per heavy atom. The number of nitro groups is 1. The van der Waals surface area contributed by atoms with Crippen LogP contribution in [0.3, 0.4) is 0 Å². The molecule has 0 aliphatic carbocycles. The standard InChI is InChI=1S/C13H18N2O3/c1-2-13(15(16)17)9-14(11-18-10-13)8-12-6-4-3-5-7-12/h3-7H,2,8-11H2,1H3. The van der Waals surface area contributed by atoms with Crippen LogP contribution in [0.25, 0.3) is 0 Å². The minimum absolute atomic E-state index is 0.190. The van der Waals surface area contributed by atoms with E-state index in [1.807, 2.05) is 42.2 Å². The van der Waals surface area contributed by atoms with Crippen molar-refractivity contribution in [3.8, 4) is 0 Å². The zero-order valence-electron chi connectivity index (χ0n) is 10.5. The topological polar surface area (TPSA) is 55.6 Å². The predicted molar refractivity (Wildman–Crippen MR) is 67.7 cm³/mol. The van der Waals surface area contributed by atoms with Crippen LogP contribution in [0.2, 0.25) is 0 Å². The average molecular weight is 250 g/mol. The molecule has 1 atom stereocenters. The van der Waals surface area contributed by atoms with Gasteiger partial charge in [0, 0.05) is 17.9 Å². The summed E-state index contributed by atoms with van der Waals surface area (Å²) in [4.78, 5) is 13.0. The third kappa shape index (κ3) is 2.68. The monoisotopic (exact) mass is 250 g/mol. The van der Waals surface area contributed by atoms with Gasteiger partial charge in [-0.1, -0.05) is 37.3 Å². The molecule has 1 aliphatic heterocycles. The molecule has 2 rings (SSSR count). The highest BCUT2D eigenvalue weighted by molar-refractivity contribution is 5.14. The van der Waals surface area contributed by atoms with Crippen LogP contribution >= 0.6 is 0 Å². The smallest absolute Gasteiger partial charge is 0.257 e. The first kappa shape index (κ1) is 13.0. The van der Waals surface area contributed by atoms with Gasteiger partial charge in [0.15, 0.2) is 0 Å². The van der Waals surface area contributed by atoms with E-state index in [0.717, 1.165) is 5.56 Å². The molecular formula is C13H18N2O3. The molecule has 98 valence electrons. The van der Waals surface area contributed by atoms with Gasteiger partial charge in [0.1, 0.15) is 6.61 Å². The van der Waals surface area contributed by atoms with E-state index in [1.165, 1.54) is 0 Å². The number of benzene rings is 1. The van der Waals surface area contributed by atoms with Gasteiger partial charge < -0.3 is 4.74 Å². The van der Waals surface area contributed by atoms with Crippen LogP contribution in [0.1, 0.15) is 18.9 Å². The Balaban J connectivity index is 2.05. The molecule has 1 aromatic rings. The van der Waals surface area contributed by atoms with E-state index in [4.69, 9.17) is 4.74 Å². The summed E-state index contributed by atoms with van der Waals surface area (Å²) in [5, 5.41) is 11.2. The van der Waals surface area contributed by atoms with Crippen LogP contribution in [-0.2, 0) is 11.3 Å². The maximum atomic E-state index is 11.2. The predicted octanol–water partition coefficient (Wildman–Crippen LogP) is 1.90. The highest BCUT2D eigenvalue weighted by Crippen LogP contribution is 2.23. The molecule has 1 saturated heterocycles. The second-order valence-electron chi connectivity index (χ2n) is 4.79. The van der Waals surface area contributed by atoms with Crippen molar-refractivity contribution in [2.45, 2.75) is 25.4 Å². The molecule has 1 heterocycles.